The fourth-order valence-electron chi connectivity index (χ4n) is 6.97. The van der Waals surface area contributed by atoms with Crippen LogP contribution in [0.3, 0.4) is 0 Å². The van der Waals surface area contributed by atoms with Gasteiger partial charge in [-0.05, 0) is 85.8 Å². The largest absolute Gasteiger partial charge is 0.384 e. The van der Waals surface area contributed by atoms with E-state index in [9.17, 15) is 9.59 Å². The number of carbonyl (C=O) groups excluding carboxylic acids is 2. The molecule has 0 spiro atoms. The van der Waals surface area contributed by atoms with Gasteiger partial charge in [-0.25, -0.2) is 0 Å². The number of nitrogens with one attached hydrogen (secondary N) is 3. The third kappa shape index (κ3) is 6.60. The normalized spacial score (nSPS) is 16.3. The number of nitrogens with zero attached hydrogens (tertiary/aromatic N) is 2. The fraction of sp³-hybridized carbons (Fsp3) is 0.308. The van der Waals surface area contributed by atoms with Crippen molar-refractivity contribution in [1.82, 2.24) is 15.2 Å². The molecule has 2 heterocycles. The zero-order valence-electron chi connectivity index (χ0n) is 26.2. The summed E-state index contributed by atoms with van der Waals surface area (Å²) in [7, 11) is 0. The van der Waals surface area contributed by atoms with Gasteiger partial charge in [-0.3, -0.25) is 19.5 Å². The van der Waals surface area contributed by atoms with Crippen molar-refractivity contribution in [2.24, 2.45) is 5.92 Å². The summed E-state index contributed by atoms with van der Waals surface area (Å²) in [4.78, 5) is 33.2. The van der Waals surface area contributed by atoms with Crippen LogP contribution in [0.15, 0.2) is 91.0 Å². The van der Waals surface area contributed by atoms with Crippen LogP contribution in [-0.2, 0) is 24.2 Å². The van der Waals surface area contributed by atoms with Gasteiger partial charge in [0.1, 0.15) is 0 Å². The number of aryl methyl sites for hydroxylation is 1. The van der Waals surface area contributed by atoms with Crippen LogP contribution in [-0.4, -0.2) is 47.9 Å². The fourth-order valence-corrected chi connectivity index (χ4v) is 6.97. The van der Waals surface area contributed by atoms with Gasteiger partial charge in [-0.2, -0.15) is 0 Å². The van der Waals surface area contributed by atoms with Crippen LogP contribution >= 0.6 is 0 Å². The maximum Gasteiger partial charge on any atom is 0.255 e. The smallest absolute Gasteiger partial charge is 0.255 e. The van der Waals surface area contributed by atoms with Crippen molar-refractivity contribution >= 4 is 44.9 Å². The van der Waals surface area contributed by atoms with Gasteiger partial charge < -0.3 is 16.0 Å². The standard InChI is InChI=1S/C39H41N5O2/c45-38(41-23-8-22-40-37-32-12-3-5-14-35(32)42-36-15-6-4-13-33(36)37)30-21-24-44(26-30)25-27-17-19-29(20-18-27)39(46)43-34-16-7-10-28-9-1-2-11-31(28)34/h1-3,5,7,9-12,14,16-20,30H,4,6,8,13,15,21-26H2,(H,40,42)(H,41,45)(H,43,46)/t30-/m0/s1. The number of pyridine rings is 1. The quantitative estimate of drug-likeness (QED) is 0.149. The Morgan fingerprint density at radius 2 is 1.61 bits per heavy atom. The lowest BCUT2D eigenvalue weighted by Gasteiger charge is -2.21. The van der Waals surface area contributed by atoms with E-state index in [-0.39, 0.29) is 17.7 Å². The monoisotopic (exact) mass is 611 g/mol. The Hall–Kier alpha value is -4.75. The van der Waals surface area contributed by atoms with E-state index in [0.717, 1.165) is 79.4 Å². The number of aromatic nitrogens is 1. The number of amides is 2. The molecule has 7 rings (SSSR count). The second-order valence-electron chi connectivity index (χ2n) is 12.6. The molecule has 234 valence electrons. The molecule has 1 aromatic heterocycles. The topological polar surface area (TPSA) is 86.4 Å². The molecule has 0 bridgehead atoms. The minimum atomic E-state index is -0.121. The first-order valence-electron chi connectivity index (χ1n) is 16.6. The van der Waals surface area contributed by atoms with E-state index in [1.54, 1.807) is 0 Å². The van der Waals surface area contributed by atoms with Crippen molar-refractivity contribution in [2.75, 3.05) is 36.8 Å². The molecule has 1 atom stereocenters. The van der Waals surface area contributed by atoms with Crippen LogP contribution in [0.1, 0.15) is 52.9 Å². The minimum absolute atomic E-state index is 0.00914. The molecule has 3 N–H and O–H groups in total. The first-order chi connectivity index (χ1) is 22.6. The highest BCUT2D eigenvalue weighted by molar-refractivity contribution is 6.09. The van der Waals surface area contributed by atoms with Crippen LogP contribution in [0, 0.1) is 5.92 Å². The van der Waals surface area contributed by atoms with Crippen molar-refractivity contribution in [3.8, 4) is 0 Å². The van der Waals surface area contributed by atoms with Crippen LogP contribution in [0.4, 0.5) is 11.4 Å². The summed E-state index contributed by atoms with van der Waals surface area (Å²) in [5.74, 6) is 0.0362. The highest BCUT2D eigenvalue weighted by atomic mass is 16.2. The highest BCUT2D eigenvalue weighted by Gasteiger charge is 2.28. The van der Waals surface area contributed by atoms with E-state index in [4.69, 9.17) is 4.98 Å². The van der Waals surface area contributed by atoms with Gasteiger partial charge in [0, 0.05) is 59.6 Å². The van der Waals surface area contributed by atoms with Gasteiger partial charge in [0.25, 0.3) is 5.91 Å². The van der Waals surface area contributed by atoms with E-state index in [2.05, 4.69) is 45.1 Å². The number of likely N-dealkylation sites (tertiary alicyclic amines) is 1. The number of fused-ring (bicyclic) bond motifs is 3. The van der Waals surface area contributed by atoms with Crippen molar-refractivity contribution < 1.29 is 9.59 Å². The van der Waals surface area contributed by atoms with E-state index < -0.39 is 0 Å². The Balaban J connectivity index is 0.863. The van der Waals surface area contributed by atoms with Gasteiger partial charge in [0.05, 0.1) is 11.4 Å². The van der Waals surface area contributed by atoms with E-state index >= 15 is 0 Å². The number of carbonyl (C=O) groups is 2. The van der Waals surface area contributed by atoms with Gasteiger partial charge in [0.15, 0.2) is 0 Å². The van der Waals surface area contributed by atoms with Crippen LogP contribution in [0.5, 0.6) is 0 Å². The molecule has 1 aliphatic heterocycles. The Morgan fingerprint density at radius 3 is 2.50 bits per heavy atom. The van der Waals surface area contributed by atoms with Crippen molar-refractivity contribution in [2.45, 2.75) is 45.1 Å². The third-order valence-corrected chi connectivity index (χ3v) is 9.43. The molecule has 1 fully saturated rings. The van der Waals surface area contributed by atoms with Gasteiger partial charge >= 0.3 is 0 Å². The summed E-state index contributed by atoms with van der Waals surface area (Å²) >= 11 is 0. The van der Waals surface area contributed by atoms with E-state index in [1.165, 1.54) is 35.2 Å². The van der Waals surface area contributed by atoms with Crippen molar-refractivity contribution in [3.63, 3.8) is 0 Å². The lowest BCUT2D eigenvalue weighted by atomic mass is 9.92. The molecule has 7 heteroatoms. The van der Waals surface area contributed by atoms with E-state index in [0.29, 0.717) is 12.1 Å². The number of hydrogen-bond donors (Lipinski definition) is 3. The predicted octanol–water partition coefficient (Wildman–Crippen LogP) is 6.96. The summed E-state index contributed by atoms with van der Waals surface area (Å²) in [6.07, 6.45) is 6.29. The molecule has 0 saturated carbocycles. The second kappa shape index (κ2) is 13.7. The first-order valence-corrected chi connectivity index (χ1v) is 16.6. The summed E-state index contributed by atoms with van der Waals surface area (Å²) < 4.78 is 0. The third-order valence-electron chi connectivity index (χ3n) is 9.43. The molecule has 2 amide bonds. The Labute approximate surface area is 270 Å². The highest BCUT2D eigenvalue weighted by Crippen LogP contribution is 2.33. The van der Waals surface area contributed by atoms with Crippen LogP contribution in [0.2, 0.25) is 0 Å². The second-order valence-corrected chi connectivity index (χ2v) is 12.6. The number of hydrogen-bond acceptors (Lipinski definition) is 5. The summed E-state index contributed by atoms with van der Waals surface area (Å²) in [6, 6.07) is 30.2. The zero-order valence-corrected chi connectivity index (χ0v) is 26.2. The van der Waals surface area contributed by atoms with Crippen molar-refractivity contribution in [1.29, 1.82) is 0 Å². The average Bonchev–Trinajstić information content (AvgIpc) is 3.56. The average molecular weight is 612 g/mol. The number of benzene rings is 4. The lowest BCUT2D eigenvalue weighted by Crippen LogP contribution is -2.33. The molecule has 0 radical (unpaired) electrons. The van der Waals surface area contributed by atoms with Gasteiger partial charge in [0.2, 0.25) is 5.91 Å². The number of rotatable bonds is 10. The predicted molar refractivity (Wildman–Crippen MR) is 186 cm³/mol. The zero-order chi connectivity index (χ0) is 31.3. The molecule has 46 heavy (non-hydrogen) atoms. The maximum absolute atomic E-state index is 13.0. The first kappa shape index (κ1) is 29.9. The van der Waals surface area contributed by atoms with Gasteiger partial charge in [-0.1, -0.05) is 66.7 Å². The Bertz CT molecular complexity index is 1860. The molecule has 2 aliphatic rings. The SMILES string of the molecule is O=C(Nc1cccc2ccccc12)c1ccc(CN2CC[C@H](C(=O)NCCCNc3c4c(nc5ccccc35)CCCC4)C2)cc1. The summed E-state index contributed by atoms with van der Waals surface area (Å²) in [6.45, 7) is 3.89. The van der Waals surface area contributed by atoms with Crippen LogP contribution < -0.4 is 16.0 Å². The maximum atomic E-state index is 13.0. The Kier molecular flexibility index (Phi) is 8.92. The molecule has 5 aromatic rings. The molecule has 1 saturated heterocycles. The number of para-hydroxylation sites is 1. The Morgan fingerprint density at radius 1 is 0.826 bits per heavy atom. The molecule has 4 aromatic carbocycles. The molecule has 1 aliphatic carbocycles. The number of anilines is 2. The minimum Gasteiger partial charge on any atom is -0.384 e. The molecular formula is C39H41N5O2. The lowest BCUT2D eigenvalue weighted by molar-refractivity contribution is -0.124. The van der Waals surface area contributed by atoms with E-state index in [1.807, 2.05) is 66.7 Å². The van der Waals surface area contributed by atoms with Crippen LogP contribution in [0.25, 0.3) is 21.7 Å². The molecular weight excluding hydrogens is 570 g/mol. The van der Waals surface area contributed by atoms with Gasteiger partial charge in [-0.15, -0.1) is 0 Å². The molecule has 0 unspecified atom stereocenters. The summed E-state index contributed by atoms with van der Waals surface area (Å²) in [5, 5.41) is 13.3. The molecule has 7 nitrogen and oxygen atoms in total. The summed E-state index contributed by atoms with van der Waals surface area (Å²) in [5.41, 5.74) is 7.48. The van der Waals surface area contributed by atoms with Crippen molar-refractivity contribution in [3.05, 3.63) is 113 Å².